The number of fused-ring (bicyclic) bond motifs is 1. The Balaban J connectivity index is 1.75. The number of anilines is 1. The minimum Gasteiger partial charge on any atom is -0.328 e. The van der Waals surface area contributed by atoms with Crippen molar-refractivity contribution in [2.24, 2.45) is 0 Å². The number of hydrogen-bond donors (Lipinski definition) is 1. The summed E-state index contributed by atoms with van der Waals surface area (Å²) in [5.74, 6) is -1.20. The van der Waals surface area contributed by atoms with Crippen molar-refractivity contribution in [3.63, 3.8) is 0 Å². The molecule has 0 fully saturated rings. The molecule has 0 spiro atoms. The number of nitrogens with zero attached hydrogens (tertiary/aromatic N) is 2. The number of amides is 2. The number of halogens is 3. The maximum atomic E-state index is 13.1. The third kappa shape index (κ3) is 4.71. The topological polar surface area (TPSA) is 62.3 Å². The number of alkyl halides is 3. The van der Waals surface area contributed by atoms with E-state index in [4.69, 9.17) is 0 Å². The quantitative estimate of drug-likeness (QED) is 0.691. The molecule has 3 aromatic rings. The third-order valence-electron chi connectivity index (χ3n) is 4.33. The van der Waals surface area contributed by atoms with Gasteiger partial charge in [0.25, 0.3) is 5.91 Å². The normalized spacial score (nSPS) is 11.3. The van der Waals surface area contributed by atoms with E-state index in [-0.39, 0.29) is 17.9 Å². The van der Waals surface area contributed by atoms with Crippen LogP contribution in [0.4, 0.5) is 18.9 Å². The molecule has 1 heterocycles. The van der Waals surface area contributed by atoms with Gasteiger partial charge in [0.1, 0.15) is 12.2 Å². The highest BCUT2D eigenvalue weighted by molar-refractivity contribution is 5.99. The van der Waals surface area contributed by atoms with Crippen LogP contribution in [0.1, 0.15) is 23.0 Å². The maximum absolute atomic E-state index is 13.1. The second-order valence-corrected chi connectivity index (χ2v) is 6.30. The Hall–Kier alpha value is -3.42. The molecule has 0 saturated carbocycles. The van der Waals surface area contributed by atoms with Gasteiger partial charge in [-0.3, -0.25) is 9.59 Å². The van der Waals surface area contributed by atoms with Crippen molar-refractivity contribution >= 4 is 28.4 Å². The van der Waals surface area contributed by atoms with Gasteiger partial charge < -0.3 is 10.2 Å². The number of para-hydroxylation sites is 2. The molecular weight excluding hydrogens is 383 g/mol. The average Bonchev–Trinajstić information content (AvgIpc) is 2.70. The monoisotopic (exact) mass is 401 g/mol. The molecular formula is C21H18F3N3O2. The smallest absolute Gasteiger partial charge is 0.328 e. The minimum atomic E-state index is -4.60. The van der Waals surface area contributed by atoms with Crippen molar-refractivity contribution in [3.05, 3.63) is 71.9 Å². The second kappa shape index (κ2) is 8.30. The van der Waals surface area contributed by atoms with Gasteiger partial charge in [0.15, 0.2) is 0 Å². The van der Waals surface area contributed by atoms with Crippen molar-refractivity contribution in [1.29, 1.82) is 0 Å². The van der Waals surface area contributed by atoms with Crippen LogP contribution >= 0.6 is 0 Å². The van der Waals surface area contributed by atoms with Crippen LogP contribution < -0.4 is 5.32 Å². The van der Waals surface area contributed by atoms with Gasteiger partial charge in [0.05, 0.1) is 16.8 Å². The average molecular weight is 401 g/mol. The lowest BCUT2D eigenvalue weighted by Gasteiger charge is -2.21. The number of likely N-dealkylation sites (N-methyl/N-ethyl adjacent to an activating group) is 1. The first-order valence-corrected chi connectivity index (χ1v) is 8.90. The summed E-state index contributed by atoms with van der Waals surface area (Å²) < 4.78 is 39.2. The van der Waals surface area contributed by atoms with Crippen LogP contribution in [0.15, 0.2) is 60.7 Å². The first-order valence-electron chi connectivity index (χ1n) is 8.90. The van der Waals surface area contributed by atoms with E-state index in [1.807, 2.05) is 12.1 Å². The number of pyridine rings is 1. The lowest BCUT2D eigenvalue weighted by atomic mass is 10.1. The first kappa shape index (κ1) is 20.3. The lowest BCUT2D eigenvalue weighted by Crippen LogP contribution is -2.38. The van der Waals surface area contributed by atoms with E-state index >= 15 is 0 Å². The van der Waals surface area contributed by atoms with E-state index in [1.54, 1.807) is 31.2 Å². The Kier molecular flexibility index (Phi) is 5.81. The molecule has 1 aromatic heterocycles. The van der Waals surface area contributed by atoms with Crippen LogP contribution in [-0.2, 0) is 11.0 Å². The first-order chi connectivity index (χ1) is 13.8. The van der Waals surface area contributed by atoms with Gasteiger partial charge in [0.2, 0.25) is 5.91 Å². The lowest BCUT2D eigenvalue weighted by molar-refractivity contribution is -0.137. The number of benzene rings is 2. The zero-order chi connectivity index (χ0) is 21.0. The highest BCUT2D eigenvalue weighted by Gasteiger charge is 2.33. The number of carbonyl (C=O) groups is 2. The van der Waals surface area contributed by atoms with Crippen LogP contribution in [0.2, 0.25) is 0 Å². The SMILES string of the molecule is CCN(CC(=O)Nc1ccccc1C(F)(F)F)C(=O)c1ccc2ccccc2n1. The summed E-state index contributed by atoms with van der Waals surface area (Å²) >= 11 is 0. The molecule has 0 aliphatic rings. The molecule has 8 heteroatoms. The molecule has 1 N–H and O–H groups in total. The fraction of sp³-hybridized carbons (Fsp3) is 0.190. The molecule has 150 valence electrons. The number of rotatable bonds is 5. The second-order valence-electron chi connectivity index (χ2n) is 6.30. The fourth-order valence-corrected chi connectivity index (χ4v) is 2.88. The summed E-state index contributed by atoms with van der Waals surface area (Å²) in [5, 5.41) is 3.11. The fourth-order valence-electron chi connectivity index (χ4n) is 2.88. The Morgan fingerprint density at radius 2 is 1.69 bits per heavy atom. The van der Waals surface area contributed by atoms with E-state index in [1.165, 1.54) is 23.1 Å². The highest BCUT2D eigenvalue weighted by atomic mass is 19.4. The van der Waals surface area contributed by atoms with Crippen molar-refractivity contribution in [3.8, 4) is 0 Å². The predicted molar refractivity (Wildman–Crippen MR) is 103 cm³/mol. The summed E-state index contributed by atoms with van der Waals surface area (Å²) in [5.41, 5.74) is -0.497. The summed E-state index contributed by atoms with van der Waals surface area (Å²) in [6.07, 6.45) is -4.60. The summed E-state index contributed by atoms with van der Waals surface area (Å²) in [7, 11) is 0. The summed E-state index contributed by atoms with van der Waals surface area (Å²) in [4.78, 5) is 30.6. The molecule has 0 saturated heterocycles. The van der Waals surface area contributed by atoms with Crippen LogP contribution in [0, 0.1) is 0 Å². The number of aromatic nitrogens is 1. The Morgan fingerprint density at radius 3 is 2.41 bits per heavy atom. The maximum Gasteiger partial charge on any atom is 0.418 e. The molecule has 0 atom stereocenters. The van der Waals surface area contributed by atoms with Crippen molar-refractivity contribution < 1.29 is 22.8 Å². The third-order valence-corrected chi connectivity index (χ3v) is 4.33. The Morgan fingerprint density at radius 1 is 1.00 bits per heavy atom. The van der Waals surface area contributed by atoms with E-state index in [2.05, 4.69) is 10.3 Å². The van der Waals surface area contributed by atoms with Gasteiger partial charge in [-0.2, -0.15) is 13.2 Å². The zero-order valence-electron chi connectivity index (χ0n) is 15.5. The van der Waals surface area contributed by atoms with Gasteiger partial charge in [-0.1, -0.05) is 36.4 Å². The molecule has 0 aliphatic heterocycles. The number of nitrogens with one attached hydrogen (secondary N) is 1. The summed E-state index contributed by atoms with van der Waals surface area (Å²) in [6, 6.07) is 15.3. The molecule has 0 aliphatic carbocycles. The Labute approximate surface area is 165 Å². The summed E-state index contributed by atoms with van der Waals surface area (Å²) in [6.45, 7) is 1.48. The minimum absolute atomic E-state index is 0.161. The van der Waals surface area contributed by atoms with E-state index in [0.717, 1.165) is 11.5 Å². The van der Waals surface area contributed by atoms with E-state index in [9.17, 15) is 22.8 Å². The van der Waals surface area contributed by atoms with E-state index in [0.29, 0.717) is 5.52 Å². The highest BCUT2D eigenvalue weighted by Crippen LogP contribution is 2.34. The standard InChI is InChI=1S/C21H18F3N3O2/c1-2-27(20(29)18-12-11-14-7-3-5-9-16(14)25-18)13-19(28)26-17-10-6-4-8-15(17)21(22,23)24/h3-12H,2,13H2,1H3,(H,26,28). The van der Waals surface area contributed by atoms with E-state index < -0.39 is 30.1 Å². The van der Waals surface area contributed by atoms with Crippen molar-refractivity contribution in [2.75, 3.05) is 18.4 Å². The van der Waals surface area contributed by atoms with Crippen molar-refractivity contribution in [2.45, 2.75) is 13.1 Å². The molecule has 0 unspecified atom stereocenters. The molecule has 29 heavy (non-hydrogen) atoms. The Bertz CT molecular complexity index is 1050. The number of hydrogen-bond acceptors (Lipinski definition) is 3. The molecule has 5 nitrogen and oxygen atoms in total. The van der Waals surface area contributed by atoms with Gasteiger partial charge in [-0.05, 0) is 31.2 Å². The van der Waals surface area contributed by atoms with Crippen LogP contribution in [0.5, 0.6) is 0 Å². The number of carbonyl (C=O) groups excluding carboxylic acids is 2. The molecule has 3 rings (SSSR count). The molecule has 0 bridgehead atoms. The van der Waals surface area contributed by atoms with Crippen LogP contribution in [0.3, 0.4) is 0 Å². The van der Waals surface area contributed by atoms with Crippen LogP contribution in [-0.4, -0.2) is 34.8 Å². The molecule has 2 aromatic carbocycles. The largest absolute Gasteiger partial charge is 0.418 e. The molecule has 2 amide bonds. The van der Waals surface area contributed by atoms with Gasteiger partial charge in [-0.15, -0.1) is 0 Å². The van der Waals surface area contributed by atoms with Gasteiger partial charge >= 0.3 is 6.18 Å². The predicted octanol–water partition coefficient (Wildman–Crippen LogP) is 4.35. The van der Waals surface area contributed by atoms with Crippen LogP contribution in [0.25, 0.3) is 10.9 Å². The van der Waals surface area contributed by atoms with Gasteiger partial charge in [0, 0.05) is 11.9 Å². The van der Waals surface area contributed by atoms with Gasteiger partial charge in [-0.25, -0.2) is 4.98 Å². The zero-order valence-corrected chi connectivity index (χ0v) is 15.5. The molecule has 0 radical (unpaired) electrons. The van der Waals surface area contributed by atoms with Crippen molar-refractivity contribution in [1.82, 2.24) is 9.88 Å².